The van der Waals surface area contributed by atoms with E-state index in [-0.39, 0.29) is 17.4 Å². The summed E-state index contributed by atoms with van der Waals surface area (Å²) in [5.41, 5.74) is 1.73. The van der Waals surface area contributed by atoms with Crippen molar-refractivity contribution in [2.24, 2.45) is 5.92 Å². The van der Waals surface area contributed by atoms with E-state index in [1.807, 2.05) is 15.5 Å². The van der Waals surface area contributed by atoms with E-state index in [0.717, 1.165) is 12.1 Å². The zero-order valence-electron chi connectivity index (χ0n) is 13.3. The second-order valence-electron chi connectivity index (χ2n) is 6.56. The van der Waals surface area contributed by atoms with Gasteiger partial charge in [0.05, 0.1) is 5.69 Å². The van der Waals surface area contributed by atoms with Crippen LogP contribution < -0.4 is 5.56 Å². The van der Waals surface area contributed by atoms with Crippen molar-refractivity contribution in [3.05, 3.63) is 51.6 Å². The number of hydrogen-bond donors (Lipinski definition) is 0. The lowest BCUT2D eigenvalue weighted by molar-refractivity contribution is 0.0561. The molecule has 23 heavy (non-hydrogen) atoms. The van der Waals surface area contributed by atoms with Gasteiger partial charge in [0.25, 0.3) is 11.5 Å². The quantitative estimate of drug-likeness (QED) is 0.804. The fraction of sp³-hybridized carbons (Fsp3) is 0.471. The molecule has 0 aliphatic carbocycles. The molecule has 0 radical (unpaired) electrons. The van der Waals surface area contributed by atoms with Crippen LogP contribution in [0.4, 0.5) is 0 Å². The van der Waals surface area contributed by atoms with E-state index in [1.54, 1.807) is 26.0 Å². The number of hydrogen-bond acceptors (Lipinski definition) is 4. The summed E-state index contributed by atoms with van der Waals surface area (Å²) < 4.78 is 7.35. The number of piperidine rings is 1. The Kier molecular flexibility index (Phi) is 3.14. The van der Waals surface area contributed by atoms with Gasteiger partial charge < -0.3 is 13.9 Å². The third-order valence-corrected chi connectivity index (χ3v) is 4.86. The van der Waals surface area contributed by atoms with Gasteiger partial charge in [0, 0.05) is 44.2 Å². The molecule has 6 nitrogen and oxygen atoms in total. The number of rotatable bonds is 1. The number of aryl methyl sites for hydroxylation is 2. The maximum Gasteiger partial charge on any atom is 0.291 e. The van der Waals surface area contributed by atoms with E-state index >= 15 is 0 Å². The van der Waals surface area contributed by atoms with Crippen molar-refractivity contribution in [1.29, 1.82) is 0 Å². The Bertz CT molecular complexity index is 836. The number of nitrogens with zero attached hydrogens (tertiary/aromatic N) is 3. The highest BCUT2D eigenvalue weighted by Crippen LogP contribution is 2.35. The summed E-state index contributed by atoms with van der Waals surface area (Å²) in [6, 6.07) is 5.41. The number of oxazole rings is 1. The molecule has 6 heteroatoms. The summed E-state index contributed by atoms with van der Waals surface area (Å²) in [6.07, 6.45) is 1.03. The highest BCUT2D eigenvalue weighted by atomic mass is 16.4. The molecular formula is C17H19N3O3. The van der Waals surface area contributed by atoms with Crippen LogP contribution in [-0.4, -0.2) is 33.4 Å². The third kappa shape index (κ3) is 2.29. The van der Waals surface area contributed by atoms with Crippen LogP contribution in [0.3, 0.4) is 0 Å². The number of amides is 1. The molecule has 2 aromatic rings. The molecule has 1 fully saturated rings. The zero-order chi connectivity index (χ0) is 16.1. The van der Waals surface area contributed by atoms with E-state index in [9.17, 15) is 9.59 Å². The minimum atomic E-state index is -0.0930. The molecule has 0 N–H and O–H groups in total. The molecule has 0 aromatic carbocycles. The number of fused-ring (bicyclic) bond motifs is 4. The molecule has 2 unspecified atom stereocenters. The van der Waals surface area contributed by atoms with Crippen LogP contribution >= 0.6 is 0 Å². The van der Waals surface area contributed by atoms with Crippen molar-refractivity contribution in [1.82, 2.24) is 14.5 Å². The number of carbonyl (C=O) groups excluding carboxylic acids is 1. The summed E-state index contributed by atoms with van der Waals surface area (Å²) in [7, 11) is 0. The van der Waals surface area contributed by atoms with Gasteiger partial charge in [-0.2, -0.15) is 0 Å². The molecule has 1 amide bonds. The highest BCUT2D eigenvalue weighted by Gasteiger charge is 2.37. The van der Waals surface area contributed by atoms with Gasteiger partial charge in [0.1, 0.15) is 0 Å². The maximum absolute atomic E-state index is 12.8. The van der Waals surface area contributed by atoms with Crippen LogP contribution in [0, 0.1) is 19.8 Å². The molecular weight excluding hydrogens is 294 g/mol. The average molecular weight is 313 g/mol. The van der Waals surface area contributed by atoms with Crippen LogP contribution in [-0.2, 0) is 6.54 Å². The molecule has 4 heterocycles. The molecule has 1 saturated heterocycles. The first-order valence-electron chi connectivity index (χ1n) is 7.96. The average Bonchev–Trinajstić information content (AvgIpc) is 2.86. The third-order valence-electron chi connectivity index (χ3n) is 4.86. The monoisotopic (exact) mass is 313 g/mol. The number of likely N-dealkylation sites (tertiary alicyclic amines) is 1. The number of pyridine rings is 1. The lowest BCUT2D eigenvalue weighted by Gasteiger charge is -2.42. The minimum absolute atomic E-state index is 0.0543. The molecule has 120 valence electrons. The van der Waals surface area contributed by atoms with Gasteiger partial charge in [-0.15, -0.1) is 0 Å². The summed E-state index contributed by atoms with van der Waals surface area (Å²) in [6.45, 7) is 5.51. The number of aromatic nitrogens is 2. The van der Waals surface area contributed by atoms with E-state index in [2.05, 4.69) is 4.98 Å². The van der Waals surface area contributed by atoms with Gasteiger partial charge in [-0.05, 0) is 25.3 Å². The van der Waals surface area contributed by atoms with Crippen LogP contribution in [0.1, 0.15) is 40.2 Å². The zero-order valence-corrected chi connectivity index (χ0v) is 13.3. The Balaban J connectivity index is 1.65. The topological polar surface area (TPSA) is 68.3 Å². The van der Waals surface area contributed by atoms with Crippen molar-refractivity contribution in [2.45, 2.75) is 32.7 Å². The largest absolute Gasteiger partial charge is 0.436 e. The minimum Gasteiger partial charge on any atom is -0.436 e. The first kappa shape index (κ1) is 14.2. The Hall–Kier alpha value is -2.37. The van der Waals surface area contributed by atoms with Crippen molar-refractivity contribution in [2.75, 3.05) is 13.1 Å². The van der Waals surface area contributed by atoms with Gasteiger partial charge in [-0.3, -0.25) is 9.59 Å². The van der Waals surface area contributed by atoms with Crippen LogP contribution in [0.15, 0.2) is 27.4 Å². The molecule has 4 rings (SSSR count). The van der Waals surface area contributed by atoms with Crippen molar-refractivity contribution in [3.8, 4) is 0 Å². The van der Waals surface area contributed by atoms with Crippen LogP contribution in [0.2, 0.25) is 0 Å². The smallest absolute Gasteiger partial charge is 0.291 e. The predicted molar refractivity (Wildman–Crippen MR) is 83.4 cm³/mol. The van der Waals surface area contributed by atoms with E-state index < -0.39 is 0 Å². The fourth-order valence-electron chi connectivity index (χ4n) is 3.94. The first-order chi connectivity index (χ1) is 11.0. The summed E-state index contributed by atoms with van der Waals surface area (Å²) in [5.74, 6) is 1.29. The van der Waals surface area contributed by atoms with Crippen molar-refractivity contribution < 1.29 is 9.21 Å². The predicted octanol–water partition coefficient (Wildman–Crippen LogP) is 1.71. The molecule has 2 bridgehead atoms. The maximum atomic E-state index is 12.8. The second kappa shape index (κ2) is 5.08. The lowest BCUT2D eigenvalue weighted by atomic mass is 9.83. The standard InChI is InChI=1S/C17H19N3O3/c1-10-16(23-11(2)18-10)17(22)19-7-12-6-13(9-19)14-4-3-5-15(21)20(14)8-12/h3-5,12-13H,6-9H2,1-2H3. The summed E-state index contributed by atoms with van der Waals surface area (Å²) in [5, 5.41) is 0. The van der Waals surface area contributed by atoms with E-state index in [0.29, 0.717) is 42.9 Å². The van der Waals surface area contributed by atoms with Crippen molar-refractivity contribution in [3.63, 3.8) is 0 Å². The first-order valence-corrected chi connectivity index (χ1v) is 7.96. The van der Waals surface area contributed by atoms with Crippen LogP contribution in [0.5, 0.6) is 0 Å². The number of carbonyl (C=O) groups is 1. The van der Waals surface area contributed by atoms with Gasteiger partial charge in [0.2, 0.25) is 5.76 Å². The highest BCUT2D eigenvalue weighted by molar-refractivity contribution is 5.92. The summed E-state index contributed by atoms with van der Waals surface area (Å²) in [4.78, 5) is 30.8. The Morgan fingerprint density at radius 3 is 2.83 bits per heavy atom. The molecule has 0 saturated carbocycles. The van der Waals surface area contributed by atoms with Gasteiger partial charge in [-0.25, -0.2) is 4.98 Å². The molecule has 2 aromatic heterocycles. The summed E-state index contributed by atoms with van der Waals surface area (Å²) >= 11 is 0. The second-order valence-corrected chi connectivity index (χ2v) is 6.56. The van der Waals surface area contributed by atoms with E-state index in [1.165, 1.54) is 0 Å². The van der Waals surface area contributed by atoms with E-state index in [4.69, 9.17) is 4.42 Å². The fourth-order valence-corrected chi connectivity index (χ4v) is 3.94. The lowest BCUT2D eigenvalue weighted by Crippen LogP contribution is -2.49. The Labute approximate surface area is 133 Å². The van der Waals surface area contributed by atoms with Gasteiger partial charge >= 0.3 is 0 Å². The molecule has 0 spiro atoms. The van der Waals surface area contributed by atoms with Gasteiger partial charge in [0.15, 0.2) is 5.89 Å². The van der Waals surface area contributed by atoms with Crippen LogP contribution in [0.25, 0.3) is 0 Å². The van der Waals surface area contributed by atoms with Gasteiger partial charge in [-0.1, -0.05) is 6.07 Å². The Morgan fingerprint density at radius 1 is 1.26 bits per heavy atom. The molecule has 2 aliphatic heterocycles. The normalized spacial score (nSPS) is 22.8. The molecule has 2 aliphatic rings. The van der Waals surface area contributed by atoms with Crippen molar-refractivity contribution >= 4 is 5.91 Å². The Morgan fingerprint density at radius 2 is 2.09 bits per heavy atom. The SMILES string of the molecule is Cc1nc(C)c(C(=O)N2CC3CC(C2)c2cccc(=O)n2C3)o1. The molecule has 2 atom stereocenters.